The molecule has 0 saturated carbocycles. The van der Waals surface area contributed by atoms with Crippen LogP contribution in [0.1, 0.15) is 39.2 Å². The van der Waals surface area contributed by atoms with E-state index in [4.69, 9.17) is 4.74 Å². The molecule has 0 heterocycles. The molecule has 0 atom stereocenters. The van der Waals surface area contributed by atoms with Crippen molar-refractivity contribution in [2.45, 2.75) is 46.2 Å². The zero-order chi connectivity index (χ0) is 11.8. The standard InChI is InChI=1S/C14H23NO/c1-4-13(5-2)15-11-12-9-7-8-10-14(12)16-6-3/h7-10,13,15H,4-6,11H2,1-3H3. The Balaban J connectivity index is 2.58. The van der Waals surface area contributed by atoms with Crippen molar-refractivity contribution >= 4 is 0 Å². The number of rotatable bonds is 7. The summed E-state index contributed by atoms with van der Waals surface area (Å²) in [6.07, 6.45) is 2.35. The number of nitrogens with one attached hydrogen (secondary N) is 1. The fourth-order valence-corrected chi connectivity index (χ4v) is 1.78. The summed E-state index contributed by atoms with van der Waals surface area (Å²) in [6.45, 7) is 8.07. The van der Waals surface area contributed by atoms with E-state index in [-0.39, 0.29) is 0 Å². The monoisotopic (exact) mass is 221 g/mol. The van der Waals surface area contributed by atoms with Crippen molar-refractivity contribution in [1.82, 2.24) is 5.32 Å². The molecule has 90 valence electrons. The summed E-state index contributed by atoms with van der Waals surface area (Å²) in [5.41, 5.74) is 1.25. The van der Waals surface area contributed by atoms with E-state index in [9.17, 15) is 0 Å². The number of ether oxygens (including phenoxy) is 1. The molecule has 0 aliphatic heterocycles. The molecule has 0 aliphatic carbocycles. The predicted molar refractivity (Wildman–Crippen MR) is 68.8 cm³/mol. The molecular weight excluding hydrogens is 198 g/mol. The lowest BCUT2D eigenvalue weighted by molar-refractivity contribution is 0.334. The number of para-hydroxylation sites is 1. The van der Waals surface area contributed by atoms with Crippen LogP contribution in [-0.2, 0) is 6.54 Å². The van der Waals surface area contributed by atoms with E-state index in [2.05, 4.69) is 31.3 Å². The van der Waals surface area contributed by atoms with Crippen LogP contribution in [0.5, 0.6) is 5.75 Å². The van der Waals surface area contributed by atoms with Gasteiger partial charge in [-0.25, -0.2) is 0 Å². The van der Waals surface area contributed by atoms with E-state index in [1.54, 1.807) is 0 Å². The van der Waals surface area contributed by atoms with Gasteiger partial charge in [0, 0.05) is 18.2 Å². The number of hydrogen-bond donors (Lipinski definition) is 1. The lowest BCUT2D eigenvalue weighted by Crippen LogP contribution is -2.27. The molecule has 0 aromatic heterocycles. The highest BCUT2D eigenvalue weighted by atomic mass is 16.5. The Morgan fingerprint density at radius 1 is 1.12 bits per heavy atom. The Morgan fingerprint density at radius 3 is 2.44 bits per heavy atom. The summed E-state index contributed by atoms with van der Waals surface area (Å²) in [5.74, 6) is 1.00. The minimum absolute atomic E-state index is 0.606. The summed E-state index contributed by atoms with van der Waals surface area (Å²) in [6, 6.07) is 8.85. The molecule has 2 heteroatoms. The largest absolute Gasteiger partial charge is 0.494 e. The molecule has 1 aromatic rings. The molecule has 0 spiro atoms. The summed E-state index contributed by atoms with van der Waals surface area (Å²) in [5, 5.41) is 3.55. The second-order valence-corrected chi connectivity index (χ2v) is 3.94. The SMILES string of the molecule is CCOc1ccccc1CNC(CC)CC. The van der Waals surface area contributed by atoms with E-state index in [0.29, 0.717) is 6.04 Å². The Hall–Kier alpha value is -1.02. The maximum Gasteiger partial charge on any atom is 0.123 e. The van der Waals surface area contributed by atoms with Crippen molar-refractivity contribution in [2.24, 2.45) is 0 Å². The van der Waals surface area contributed by atoms with Gasteiger partial charge in [-0.15, -0.1) is 0 Å². The maximum absolute atomic E-state index is 5.60. The Kier molecular flexibility index (Phi) is 5.94. The summed E-state index contributed by atoms with van der Waals surface area (Å²) in [7, 11) is 0. The van der Waals surface area contributed by atoms with Crippen LogP contribution in [0.2, 0.25) is 0 Å². The van der Waals surface area contributed by atoms with Gasteiger partial charge >= 0.3 is 0 Å². The normalized spacial score (nSPS) is 10.8. The smallest absolute Gasteiger partial charge is 0.123 e. The molecule has 0 amide bonds. The second-order valence-electron chi connectivity index (χ2n) is 3.94. The molecule has 0 saturated heterocycles. The van der Waals surface area contributed by atoms with Crippen LogP contribution in [0.4, 0.5) is 0 Å². The minimum Gasteiger partial charge on any atom is -0.494 e. The van der Waals surface area contributed by atoms with Gasteiger partial charge in [0.1, 0.15) is 5.75 Å². The summed E-state index contributed by atoms with van der Waals surface area (Å²) < 4.78 is 5.60. The molecular formula is C14H23NO. The van der Waals surface area contributed by atoms with Crippen molar-refractivity contribution in [1.29, 1.82) is 0 Å². The first-order valence-corrected chi connectivity index (χ1v) is 6.25. The Bertz CT molecular complexity index is 295. The van der Waals surface area contributed by atoms with Gasteiger partial charge in [-0.05, 0) is 25.8 Å². The highest BCUT2D eigenvalue weighted by Gasteiger charge is 2.05. The second kappa shape index (κ2) is 7.29. The molecule has 0 unspecified atom stereocenters. The van der Waals surface area contributed by atoms with Crippen molar-refractivity contribution in [3.05, 3.63) is 29.8 Å². The average molecular weight is 221 g/mol. The topological polar surface area (TPSA) is 21.3 Å². The number of hydrogen-bond acceptors (Lipinski definition) is 2. The van der Waals surface area contributed by atoms with Crippen molar-refractivity contribution in [3.63, 3.8) is 0 Å². The van der Waals surface area contributed by atoms with Gasteiger partial charge < -0.3 is 10.1 Å². The Morgan fingerprint density at radius 2 is 1.81 bits per heavy atom. The lowest BCUT2D eigenvalue weighted by atomic mass is 10.1. The van der Waals surface area contributed by atoms with Gasteiger partial charge in [0.05, 0.1) is 6.61 Å². The fraction of sp³-hybridized carbons (Fsp3) is 0.571. The van der Waals surface area contributed by atoms with Crippen LogP contribution in [0.25, 0.3) is 0 Å². The van der Waals surface area contributed by atoms with E-state index in [1.165, 1.54) is 18.4 Å². The van der Waals surface area contributed by atoms with Gasteiger partial charge in [-0.1, -0.05) is 32.0 Å². The van der Waals surface area contributed by atoms with Gasteiger partial charge in [0.25, 0.3) is 0 Å². The number of benzene rings is 1. The third-order valence-electron chi connectivity index (χ3n) is 2.84. The van der Waals surface area contributed by atoms with E-state index in [0.717, 1.165) is 18.9 Å². The molecule has 1 N–H and O–H groups in total. The molecule has 16 heavy (non-hydrogen) atoms. The molecule has 1 aromatic carbocycles. The van der Waals surface area contributed by atoms with Gasteiger partial charge in [-0.2, -0.15) is 0 Å². The first-order chi connectivity index (χ1) is 7.81. The van der Waals surface area contributed by atoms with Crippen LogP contribution in [0.15, 0.2) is 24.3 Å². The molecule has 0 radical (unpaired) electrons. The van der Waals surface area contributed by atoms with Crippen molar-refractivity contribution in [3.8, 4) is 5.75 Å². The third kappa shape index (κ3) is 3.86. The molecule has 0 fully saturated rings. The first kappa shape index (κ1) is 13.0. The first-order valence-electron chi connectivity index (χ1n) is 6.25. The molecule has 2 nitrogen and oxygen atoms in total. The van der Waals surface area contributed by atoms with Crippen LogP contribution in [0, 0.1) is 0 Å². The highest BCUT2D eigenvalue weighted by Crippen LogP contribution is 2.17. The van der Waals surface area contributed by atoms with Gasteiger partial charge in [0.2, 0.25) is 0 Å². The van der Waals surface area contributed by atoms with E-state index < -0.39 is 0 Å². The van der Waals surface area contributed by atoms with Gasteiger partial charge in [-0.3, -0.25) is 0 Å². The van der Waals surface area contributed by atoms with Crippen LogP contribution in [-0.4, -0.2) is 12.6 Å². The highest BCUT2D eigenvalue weighted by molar-refractivity contribution is 5.33. The summed E-state index contributed by atoms with van der Waals surface area (Å²) >= 11 is 0. The zero-order valence-corrected chi connectivity index (χ0v) is 10.6. The maximum atomic E-state index is 5.60. The quantitative estimate of drug-likeness (QED) is 0.762. The Labute approximate surface area is 99.0 Å². The third-order valence-corrected chi connectivity index (χ3v) is 2.84. The van der Waals surface area contributed by atoms with E-state index in [1.807, 2.05) is 19.1 Å². The summed E-state index contributed by atoms with van der Waals surface area (Å²) in [4.78, 5) is 0. The molecule has 0 bridgehead atoms. The van der Waals surface area contributed by atoms with Crippen molar-refractivity contribution in [2.75, 3.05) is 6.61 Å². The average Bonchev–Trinajstić information content (AvgIpc) is 2.33. The lowest BCUT2D eigenvalue weighted by Gasteiger charge is -2.16. The molecule has 1 rings (SSSR count). The van der Waals surface area contributed by atoms with Crippen LogP contribution < -0.4 is 10.1 Å². The fourth-order valence-electron chi connectivity index (χ4n) is 1.78. The van der Waals surface area contributed by atoms with Crippen molar-refractivity contribution < 1.29 is 4.74 Å². The predicted octanol–water partition coefficient (Wildman–Crippen LogP) is 3.36. The minimum atomic E-state index is 0.606. The van der Waals surface area contributed by atoms with Crippen LogP contribution >= 0.6 is 0 Å². The molecule has 0 aliphatic rings. The van der Waals surface area contributed by atoms with Crippen LogP contribution in [0.3, 0.4) is 0 Å². The zero-order valence-electron chi connectivity index (χ0n) is 10.6. The van der Waals surface area contributed by atoms with Gasteiger partial charge in [0.15, 0.2) is 0 Å². The van der Waals surface area contributed by atoms with E-state index >= 15 is 0 Å².